The second kappa shape index (κ2) is 12.5. The number of carbonyl (C=O) groups is 1. The number of nitrogens with zero attached hydrogens (tertiary/aromatic N) is 1. The molecule has 4 heteroatoms. The molecule has 0 aromatic heterocycles. The van der Waals surface area contributed by atoms with Crippen LogP contribution < -0.4 is 0 Å². The van der Waals surface area contributed by atoms with Crippen molar-refractivity contribution in [3.63, 3.8) is 0 Å². The lowest BCUT2D eigenvalue weighted by atomic mass is 10.0. The zero-order chi connectivity index (χ0) is 18.6. The van der Waals surface area contributed by atoms with Crippen LogP contribution in [0, 0.1) is 0 Å². The second-order valence-corrected chi connectivity index (χ2v) is 7.88. The van der Waals surface area contributed by atoms with Crippen LogP contribution in [0.3, 0.4) is 0 Å². The minimum absolute atomic E-state index is 0.177. The molecule has 0 amide bonds. The molecule has 0 fully saturated rings. The van der Waals surface area contributed by atoms with Crippen molar-refractivity contribution in [3.8, 4) is 0 Å². The number of ether oxygens (including phenoxy) is 1. The molecule has 0 saturated carbocycles. The number of hydrogen-bond donors (Lipinski definition) is 0. The van der Waals surface area contributed by atoms with E-state index >= 15 is 0 Å². The molecule has 0 radical (unpaired) electrons. The maximum absolute atomic E-state index is 12.0. The highest BCUT2D eigenvalue weighted by Gasteiger charge is 2.25. The number of thioether (sulfide) groups is 1. The number of rotatable bonds is 8. The van der Waals surface area contributed by atoms with Gasteiger partial charge in [0.05, 0.1) is 7.11 Å². The Morgan fingerprint density at radius 3 is 2.17 bits per heavy atom. The third-order valence-electron chi connectivity index (χ3n) is 3.57. The molecule has 1 atom stereocenters. The monoisotopic (exact) mass is 343 g/mol. The summed E-state index contributed by atoms with van der Waals surface area (Å²) in [5, 5.41) is 0. The van der Waals surface area contributed by atoms with Gasteiger partial charge in [0.2, 0.25) is 0 Å². The Hall–Kier alpha value is -0.900. The summed E-state index contributed by atoms with van der Waals surface area (Å²) in [7, 11) is 3.35. The van der Waals surface area contributed by atoms with E-state index in [1.54, 1.807) is 0 Å². The lowest BCUT2D eigenvalue weighted by molar-refractivity contribution is -0.138. The van der Waals surface area contributed by atoms with Gasteiger partial charge in [-0.25, -0.2) is 4.79 Å². The quantitative estimate of drug-likeness (QED) is 0.341. The molecular formula is C19H37NO2S. The minimum Gasteiger partial charge on any atom is -0.464 e. The summed E-state index contributed by atoms with van der Waals surface area (Å²) in [6.45, 7) is 16.8. The Bertz CT molecular complexity index is 389. The van der Waals surface area contributed by atoms with Crippen molar-refractivity contribution in [1.82, 2.24) is 4.90 Å². The van der Waals surface area contributed by atoms with Crippen LogP contribution in [-0.2, 0) is 9.53 Å². The van der Waals surface area contributed by atoms with Gasteiger partial charge in [0.1, 0.15) is 5.70 Å². The van der Waals surface area contributed by atoms with Gasteiger partial charge >= 0.3 is 5.97 Å². The first-order valence-corrected chi connectivity index (χ1v) is 9.58. The fraction of sp³-hybridized carbons (Fsp3) is 0.737. The summed E-state index contributed by atoms with van der Waals surface area (Å²) in [6.07, 6.45) is 6.99. The molecule has 0 aliphatic carbocycles. The van der Waals surface area contributed by atoms with Crippen LogP contribution in [0.25, 0.3) is 0 Å². The van der Waals surface area contributed by atoms with E-state index in [0.717, 1.165) is 18.4 Å². The minimum atomic E-state index is -0.309. The van der Waals surface area contributed by atoms with Crippen molar-refractivity contribution in [3.05, 3.63) is 23.9 Å². The Morgan fingerprint density at radius 1 is 1.35 bits per heavy atom. The predicted octanol–water partition coefficient (Wildman–Crippen LogP) is 5.28. The number of likely N-dealkylation sites (N-methyl/N-ethyl adjacent to an activating group) is 1. The van der Waals surface area contributed by atoms with Gasteiger partial charge in [-0.05, 0) is 32.1 Å². The van der Waals surface area contributed by atoms with Crippen LogP contribution in [-0.4, -0.2) is 42.1 Å². The van der Waals surface area contributed by atoms with Gasteiger partial charge in [-0.2, -0.15) is 11.8 Å². The topological polar surface area (TPSA) is 29.5 Å². The summed E-state index contributed by atoms with van der Waals surface area (Å²) < 4.78 is 5.07. The summed E-state index contributed by atoms with van der Waals surface area (Å²) in [5.41, 5.74) is 1.50. The Kier molecular flexibility index (Phi) is 13.3. The Morgan fingerprint density at radius 2 is 1.83 bits per heavy atom. The molecule has 0 bridgehead atoms. The summed E-state index contributed by atoms with van der Waals surface area (Å²) in [6, 6.07) is 0.243. The number of methoxy groups -OCH3 is 1. The second-order valence-electron chi connectivity index (χ2n) is 6.37. The van der Waals surface area contributed by atoms with E-state index in [4.69, 9.17) is 4.74 Å². The number of hydrogen-bond acceptors (Lipinski definition) is 4. The highest BCUT2D eigenvalue weighted by Crippen LogP contribution is 2.29. The summed E-state index contributed by atoms with van der Waals surface area (Å²) >= 11 is 1.84. The molecule has 1 unspecified atom stereocenters. The van der Waals surface area contributed by atoms with Crippen LogP contribution in [0.2, 0.25) is 0 Å². The van der Waals surface area contributed by atoms with Crippen LogP contribution in [0.1, 0.15) is 60.8 Å². The third kappa shape index (κ3) is 10.5. The number of carbonyl (C=O) groups excluding carboxylic acids is 1. The van der Waals surface area contributed by atoms with Crippen molar-refractivity contribution in [2.45, 2.75) is 71.6 Å². The van der Waals surface area contributed by atoms with Crippen molar-refractivity contribution >= 4 is 17.7 Å². The predicted molar refractivity (Wildman–Crippen MR) is 105 cm³/mol. The summed E-state index contributed by atoms with van der Waals surface area (Å²) in [4.78, 5) is 14.0. The SMILES string of the molecule is C=C(/C=C(/C(=O)OC)N(C)C(C)CC(C)(C)SC)CC.CCC. The molecule has 0 rings (SSSR count). The molecule has 0 N–H and O–H groups in total. The highest BCUT2D eigenvalue weighted by molar-refractivity contribution is 7.99. The van der Waals surface area contributed by atoms with E-state index in [9.17, 15) is 4.79 Å². The van der Waals surface area contributed by atoms with E-state index in [1.165, 1.54) is 13.5 Å². The largest absolute Gasteiger partial charge is 0.464 e. The first-order valence-electron chi connectivity index (χ1n) is 8.35. The van der Waals surface area contributed by atoms with Crippen LogP contribution >= 0.6 is 11.8 Å². The fourth-order valence-corrected chi connectivity index (χ4v) is 2.28. The van der Waals surface area contributed by atoms with Crippen molar-refractivity contribution < 1.29 is 9.53 Å². The number of esters is 1. The van der Waals surface area contributed by atoms with Gasteiger partial charge in [-0.15, -0.1) is 0 Å². The van der Waals surface area contributed by atoms with Gasteiger partial charge in [-0.1, -0.05) is 53.2 Å². The zero-order valence-corrected chi connectivity index (χ0v) is 17.5. The maximum Gasteiger partial charge on any atom is 0.354 e. The van der Waals surface area contributed by atoms with Crippen molar-refractivity contribution in [1.29, 1.82) is 0 Å². The molecule has 0 spiro atoms. The molecule has 3 nitrogen and oxygen atoms in total. The highest BCUT2D eigenvalue weighted by atomic mass is 32.2. The van der Waals surface area contributed by atoms with Gasteiger partial charge < -0.3 is 9.64 Å². The molecule has 0 aromatic carbocycles. The summed E-state index contributed by atoms with van der Waals surface area (Å²) in [5.74, 6) is -0.309. The molecule has 0 saturated heterocycles. The molecular weight excluding hydrogens is 306 g/mol. The normalized spacial score (nSPS) is 12.8. The van der Waals surface area contributed by atoms with E-state index in [2.05, 4.69) is 47.5 Å². The lowest BCUT2D eigenvalue weighted by Crippen LogP contribution is -2.36. The van der Waals surface area contributed by atoms with Crippen LogP contribution in [0.5, 0.6) is 0 Å². The van der Waals surface area contributed by atoms with Crippen molar-refractivity contribution in [2.75, 3.05) is 20.4 Å². The van der Waals surface area contributed by atoms with Crippen LogP contribution in [0.15, 0.2) is 23.9 Å². The molecule has 0 aromatic rings. The van der Waals surface area contributed by atoms with E-state index in [0.29, 0.717) is 5.70 Å². The lowest BCUT2D eigenvalue weighted by Gasteiger charge is -2.33. The molecule has 23 heavy (non-hydrogen) atoms. The van der Waals surface area contributed by atoms with Crippen LogP contribution in [0.4, 0.5) is 0 Å². The zero-order valence-electron chi connectivity index (χ0n) is 16.7. The number of allylic oxidation sites excluding steroid dienone is 2. The third-order valence-corrected chi connectivity index (χ3v) is 4.84. The average Bonchev–Trinajstić information content (AvgIpc) is 2.51. The van der Waals surface area contributed by atoms with Crippen molar-refractivity contribution in [2.24, 2.45) is 0 Å². The smallest absolute Gasteiger partial charge is 0.354 e. The molecule has 0 aliphatic heterocycles. The standard InChI is InChI=1S/C16H29NO2S.C3H8/c1-9-12(2)10-14(15(18)19-7)17(6)13(3)11-16(4,5)20-8;1-3-2/h10,13H,2,9,11H2,1,3-8H3;3H2,1-2H3/b14-10-;. The molecule has 0 heterocycles. The first kappa shape index (κ1) is 24.4. The molecule has 136 valence electrons. The van der Waals surface area contributed by atoms with E-state index in [-0.39, 0.29) is 16.8 Å². The first-order chi connectivity index (χ1) is 10.6. The Balaban J connectivity index is 0. The van der Waals surface area contributed by atoms with E-state index < -0.39 is 0 Å². The van der Waals surface area contributed by atoms with Gasteiger partial charge in [-0.3, -0.25) is 0 Å². The van der Waals surface area contributed by atoms with Gasteiger partial charge in [0.15, 0.2) is 0 Å². The van der Waals surface area contributed by atoms with Gasteiger partial charge in [0, 0.05) is 17.8 Å². The molecule has 0 aliphatic rings. The van der Waals surface area contributed by atoms with Gasteiger partial charge in [0.25, 0.3) is 0 Å². The maximum atomic E-state index is 12.0. The fourth-order valence-electron chi connectivity index (χ4n) is 1.87. The average molecular weight is 344 g/mol. The Labute approximate surface area is 148 Å². The van der Waals surface area contributed by atoms with E-state index in [1.807, 2.05) is 36.7 Å².